The van der Waals surface area contributed by atoms with Crippen LogP contribution in [0.15, 0.2) is 0 Å². The van der Waals surface area contributed by atoms with E-state index in [1.165, 1.54) is 0 Å². The van der Waals surface area contributed by atoms with Crippen molar-refractivity contribution in [1.29, 1.82) is 0 Å². The summed E-state index contributed by atoms with van der Waals surface area (Å²) < 4.78 is 5.44. The number of nitrogens with zero attached hydrogens (tertiary/aromatic N) is 1. The Balaban J connectivity index is 1.92. The van der Waals surface area contributed by atoms with Crippen molar-refractivity contribution >= 4 is 21.8 Å². The number of carbonyl (C=O) groups is 1. The van der Waals surface area contributed by atoms with E-state index in [1.54, 1.807) is 0 Å². The number of hydrogen-bond donors (Lipinski definition) is 0. The monoisotopic (exact) mass is 275 g/mol. The maximum Gasteiger partial charge on any atom is 0.228 e. The predicted octanol–water partition coefficient (Wildman–Crippen LogP) is 1.65. The lowest BCUT2D eigenvalue weighted by Gasteiger charge is -2.19. The number of ether oxygens (including phenoxy) is 1. The molecule has 0 aliphatic carbocycles. The molecule has 2 aliphatic rings. The number of rotatable bonds is 1. The van der Waals surface area contributed by atoms with Gasteiger partial charge in [0, 0.05) is 17.9 Å². The number of amides is 1. The standard InChI is InChI=1S/C11H18BrNO2/c1-7-4-13(5-10(7)12)11(14)9-3-8(2)15-6-9/h7-10H,3-6H2,1-2H3. The normalized spacial score (nSPS) is 41.1. The summed E-state index contributed by atoms with van der Waals surface area (Å²) in [5, 5.41) is 0. The number of alkyl halides is 1. The summed E-state index contributed by atoms with van der Waals surface area (Å²) in [6.45, 7) is 6.57. The van der Waals surface area contributed by atoms with Gasteiger partial charge in [-0.05, 0) is 19.3 Å². The first-order valence-corrected chi connectivity index (χ1v) is 6.54. The first kappa shape index (κ1) is 11.4. The van der Waals surface area contributed by atoms with Gasteiger partial charge in [-0.3, -0.25) is 4.79 Å². The van der Waals surface area contributed by atoms with Gasteiger partial charge in [0.1, 0.15) is 0 Å². The molecule has 15 heavy (non-hydrogen) atoms. The Hall–Kier alpha value is -0.0900. The maximum atomic E-state index is 12.1. The molecule has 0 radical (unpaired) electrons. The van der Waals surface area contributed by atoms with Gasteiger partial charge in [-0.2, -0.15) is 0 Å². The number of hydrogen-bond acceptors (Lipinski definition) is 2. The number of likely N-dealkylation sites (tertiary alicyclic amines) is 1. The second-order valence-electron chi connectivity index (χ2n) is 4.81. The van der Waals surface area contributed by atoms with Crippen LogP contribution < -0.4 is 0 Å². The third-order valence-electron chi connectivity index (χ3n) is 3.38. The van der Waals surface area contributed by atoms with Gasteiger partial charge in [-0.25, -0.2) is 0 Å². The topological polar surface area (TPSA) is 29.5 Å². The Labute approximate surface area is 99.3 Å². The van der Waals surface area contributed by atoms with Gasteiger partial charge < -0.3 is 9.64 Å². The summed E-state index contributed by atoms with van der Waals surface area (Å²) in [5.74, 6) is 0.951. The Kier molecular flexibility index (Phi) is 3.36. The molecule has 86 valence electrons. The molecule has 4 heteroatoms. The van der Waals surface area contributed by atoms with E-state index in [1.807, 2.05) is 11.8 Å². The number of halogens is 1. The van der Waals surface area contributed by atoms with Crippen molar-refractivity contribution in [3.05, 3.63) is 0 Å². The van der Waals surface area contributed by atoms with Gasteiger partial charge in [0.2, 0.25) is 5.91 Å². The van der Waals surface area contributed by atoms with Crippen LogP contribution >= 0.6 is 15.9 Å². The van der Waals surface area contributed by atoms with Gasteiger partial charge in [-0.15, -0.1) is 0 Å². The van der Waals surface area contributed by atoms with Gasteiger partial charge >= 0.3 is 0 Å². The highest BCUT2D eigenvalue weighted by atomic mass is 79.9. The van der Waals surface area contributed by atoms with Crippen molar-refractivity contribution in [1.82, 2.24) is 4.90 Å². The first-order valence-electron chi connectivity index (χ1n) is 5.62. The van der Waals surface area contributed by atoms with Gasteiger partial charge in [0.05, 0.1) is 18.6 Å². The Bertz CT molecular complexity index is 249. The van der Waals surface area contributed by atoms with Gasteiger partial charge in [-0.1, -0.05) is 22.9 Å². The van der Waals surface area contributed by atoms with Crippen LogP contribution in [0.5, 0.6) is 0 Å². The first-order chi connectivity index (χ1) is 7.08. The van der Waals surface area contributed by atoms with Crippen LogP contribution in [0.3, 0.4) is 0 Å². The van der Waals surface area contributed by atoms with Crippen molar-refractivity contribution in [2.45, 2.75) is 31.2 Å². The predicted molar refractivity (Wildman–Crippen MR) is 62.0 cm³/mol. The van der Waals surface area contributed by atoms with Crippen LogP contribution in [0, 0.1) is 11.8 Å². The fourth-order valence-corrected chi connectivity index (χ4v) is 2.87. The largest absolute Gasteiger partial charge is 0.378 e. The molecule has 3 nitrogen and oxygen atoms in total. The zero-order valence-electron chi connectivity index (χ0n) is 9.28. The van der Waals surface area contributed by atoms with Crippen molar-refractivity contribution < 1.29 is 9.53 Å². The molecule has 0 bridgehead atoms. The highest BCUT2D eigenvalue weighted by Gasteiger charge is 2.36. The van der Waals surface area contributed by atoms with E-state index in [0.29, 0.717) is 17.4 Å². The molecular formula is C11H18BrNO2. The molecule has 4 unspecified atom stereocenters. The van der Waals surface area contributed by atoms with Crippen molar-refractivity contribution in [3.63, 3.8) is 0 Å². The quantitative estimate of drug-likeness (QED) is 0.682. The molecule has 0 spiro atoms. The van der Waals surface area contributed by atoms with Crippen molar-refractivity contribution in [3.8, 4) is 0 Å². The smallest absolute Gasteiger partial charge is 0.228 e. The lowest BCUT2D eigenvalue weighted by atomic mass is 10.1. The van der Waals surface area contributed by atoms with E-state index in [9.17, 15) is 4.79 Å². The van der Waals surface area contributed by atoms with E-state index in [-0.39, 0.29) is 17.9 Å². The van der Waals surface area contributed by atoms with Crippen LogP contribution in [0.2, 0.25) is 0 Å². The van der Waals surface area contributed by atoms with E-state index >= 15 is 0 Å². The molecule has 0 aromatic rings. The Morgan fingerprint density at radius 1 is 1.40 bits per heavy atom. The summed E-state index contributed by atoms with van der Waals surface area (Å²) in [4.78, 5) is 14.6. The molecule has 1 amide bonds. The van der Waals surface area contributed by atoms with E-state index in [4.69, 9.17) is 4.74 Å². The van der Waals surface area contributed by atoms with Crippen LogP contribution in [0.1, 0.15) is 20.3 Å². The summed E-state index contributed by atoms with van der Waals surface area (Å²) in [5.41, 5.74) is 0. The van der Waals surface area contributed by atoms with Crippen LogP contribution in [-0.4, -0.2) is 41.4 Å². The molecule has 0 aromatic heterocycles. The average Bonchev–Trinajstić information content (AvgIpc) is 2.74. The zero-order valence-corrected chi connectivity index (χ0v) is 10.9. The second-order valence-corrected chi connectivity index (χ2v) is 5.99. The molecule has 0 aromatic carbocycles. The van der Waals surface area contributed by atoms with Crippen molar-refractivity contribution in [2.24, 2.45) is 11.8 Å². The van der Waals surface area contributed by atoms with E-state index < -0.39 is 0 Å². The minimum absolute atomic E-state index is 0.102. The van der Waals surface area contributed by atoms with E-state index in [0.717, 1.165) is 19.5 Å². The molecular weight excluding hydrogens is 258 g/mol. The van der Waals surface area contributed by atoms with E-state index in [2.05, 4.69) is 22.9 Å². The highest BCUT2D eigenvalue weighted by Crippen LogP contribution is 2.27. The molecule has 0 N–H and O–H groups in total. The molecule has 2 rings (SSSR count). The van der Waals surface area contributed by atoms with Crippen LogP contribution in [0.25, 0.3) is 0 Å². The molecule has 2 aliphatic heterocycles. The Morgan fingerprint density at radius 2 is 2.13 bits per heavy atom. The fraction of sp³-hybridized carbons (Fsp3) is 0.909. The maximum absolute atomic E-state index is 12.1. The molecule has 2 heterocycles. The highest BCUT2D eigenvalue weighted by molar-refractivity contribution is 9.09. The lowest BCUT2D eigenvalue weighted by molar-refractivity contribution is -0.134. The number of carbonyl (C=O) groups excluding carboxylic acids is 1. The minimum Gasteiger partial charge on any atom is -0.378 e. The molecule has 2 fully saturated rings. The second kappa shape index (κ2) is 4.42. The average molecular weight is 276 g/mol. The van der Waals surface area contributed by atoms with Gasteiger partial charge in [0.25, 0.3) is 0 Å². The van der Waals surface area contributed by atoms with Crippen molar-refractivity contribution in [2.75, 3.05) is 19.7 Å². The van der Waals surface area contributed by atoms with Crippen LogP contribution in [0.4, 0.5) is 0 Å². The summed E-state index contributed by atoms with van der Waals surface area (Å²) in [7, 11) is 0. The lowest BCUT2D eigenvalue weighted by Crippen LogP contribution is -2.35. The SMILES string of the molecule is CC1CC(C(=O)N2CC(C)C(Br)C2)CO1. The summed E-state index contributed by atoms with van der Waals surface area (Å²) >= 11 is 3.61. The Morgan fingerprint density at radius 3 is 2.60 bits per heavy atom. The molecule has 2 saturated heterocycles. The molecule has 0 saturated carbocycles. The summed E-state index contributed by atoms with van der Waals surface area (Å²) in [6, 6.07) is 0. The third kappa shape index (κ3) is 2.36. The third-order valence-corrected chi connectivity index (χ3v) is 4.57. The summed E-state index contributed by atoms with van der Waals surface area (Å²) in [6.07, 6.45) is 1.13. The minimum atomic E-state index is 0.102. The van der Waals surface area contributed by atoms with Gasteiger partial charge in [0.15, 0.2) is 0 Å². The van der Waals surface area contributed by atoms with Crippen LogP contribution in [-0.2, 0) is 9.53 Å². The molecule has 4 atom stereocenters. The zero-order chi connectivity index (χ0) is 11.0. The fourth-order valence-electron chi connectivity index (χ4n) is 2.35.